The molecule has 16 heavy (non-hydrogen) atoms. The van der Waals surface area contributed by atoms with Crippen LogP contribution in [0.2, 0.25) is 0 Å². The lowest BCUT2D eigenvalue weighted by molar-refractivity contribution is 0.259. The van der Waals surface area contributed by atoms with E-state index < -0.39 is 0 Å². The van der Waals surface area contributed by atoms with Crippen LogP contribution in [0.15, 0.2) is 0 Å². The summed E-state index contributed by atoms with van der Waals surface area (Å²) >= 11 is 0. The van der Waals surface area contributed by atoms with Crippen LogP contribution < -0.4 is 5.32 Å². The molecule has 2 unspecified atom stereocenters. The normalized spacial score (nSPS) is 34.7. The molecule has 0 aromatic carbocycles. The van der Waals surface area contributed by atoms with Gasteiger partial charge >= 0.3 is 0 Å². The highest BCUT2D eigenvalue weighted by atomic mass is 15.1. The minimum Gasteiger partial charge on any atom is -0.317 e. The van der Waals surface area contributed by atoms with E-state index in [0.717, 1.165) is 12.0 Å². The maximum Gasteiger partial charge on any atom is 0.00928 e. The van der Waals surface area contributed by atoms with Gasteiger partial charge in [-0.3, -0.25) is 0 Å². The molecule has 0 amide bonds. The molecule has 2 heteroatoms. The molecule has 0 radical (unpaired) electrons. The van der Waals surface area contributed by atoms with Gasteiger partial charge in [-0.15, -0.1) is 0 Å². The maximum atomic E-state index is 3.49. The van der Waals surface area contributed by atoms with Crippen LogP contribution in [0.5, 0.6) is 0 Å². The van der Waals surface area contributed by atoms with Crippen LogP contribution in [-0.2, 0) is 0 Å². The van der Waals surface area contributed by atoms with E-state index in [1.165, 1.54) is 51.7 Å². The predicted octanol–water partition coefficient (Wildman–Crippen LogP) is 2.50. The first-order chi connectivity index (χ1) is 7.61. The summed E-state index contributed by atoms with van der Waals surface area (Å²) in [6.45, 7) is 8.76. The van der Waals surface area contributed by atoms with E-state index in [0.29, 0.717) is 5.41 Å². The number of hydrogen-bond acceptors (Lipinski definition) is 2. The molecule has 2 atom stereocenters. The zero-order valence-electron chi connectivity index (χ0n) is 11.3. The average molecular weight is 224 g/mol. The Morgan fingerprint density at radius 3 is 2.75 bits per heavy atom. The highest BCUT2D eigenvalue weighted by Gasteiger charge is 2.31. The summed E-state index contributed by atoms with van der Waals surface area (Å²) in [5, 5.41) is 3.49. The Morgan fingerprint density at radius 1 is 1.31 bits per heavy atom. The lowest BCUT2D eigenvalue weighted by atomic mass is 9.93. The van der Waals surface area contributed by atoms with Crippen molar-refractivity contribution in [3.63, 3.8) is 0 Å². The van der Waals surface area contributed by atoms with Gasteiger partial charge in [0, 0.05) is 12.6 Å². The quantitative estimate of drug-likeness (QED) is 0.789. The van der Waals surface area contributed by atoms with Gasteiger partial charge in [0.15, 0.2) is 0 Å². The van der Waals surface area contributed by atoms with Crippen LogP contribution >= 0.6 is 0 Å². The molecule has 94 valence electrons. The van der Waals surface area contributed by atoms with Gasteiger partial charge in [-0.05, 0) is 57.2 Å². The molecule has 2 aliphatic rings. The van der Waals surface area contributed by atoms with Crippen LogP contribution in [0.3, 0.4) is 0 Å². The third kappa shape index (κ3) is 2.98. The van der Waals surface area contributed by atoms with Crippen LogP contribution in [0, 0.1) is 11.3 Å². The smallest absolute Gasteiger partial charge is 0.00928 e. The second kappa shape index (κ2) is 5.05. The molecule has 1 saturated carbocycles. The van der Waals surface area contributed by atoms with Crippen molar-refractivity contribution in [1.82, 2.24) is 10.2 Å². The zero-order chi connectivity index (χ0) is 11.6. The zero-order valence-corrected chi connectivity index (χ0v) is 11.3. The summed E-state index contributed by atoms with van der Waals surface area (Å²) in [4.78, 5) is 2.67. The lowest BCUT2D eigenvalue weighted by Crippen LogP contribution is -2.32. The van der Waals surface area contributed by atoms with Crippen molar-refractivity contribution in [3.8, 4) is 0 Å². The fourth-order valence-electron chi connectivity index (χ4n) is 3.53. The molecule has 1 heterocycles. The number of likely N-dealkylation sites (tertiary alicyclic amines) is 1. The Bertz CT molecular complexity index is 225. The molecule has 1 aliphatic heterocycles. The van der Waals surface area contributed by atoms with Gasteiger partial charge in [-0.25, -0.2) is 0 Å². The summed E-state index contributed by atoms with van der Waals surface area (Å²) in [6, 6.07) is 0.801. The molecule has 0 aromatic rings. The molecule has 0 bridgehead atoms. The van der Waals surface area contributed by atoms with E-state index in [1.54, 1.807) is 0 Å². The second-order valence-electron chi connectivity index (χ2n) is 6.57. The fraction of sp³-hybridized carbons (Fsp3) is 1.00. The van der Waals surface area contributed by atoms with E-state index >= 15 is 0 Å². The van der Waals surface area contributed by atoms with Crippen molar-refractivity contribution in [1.29, 1.82) is 0 Å². The summed E-state index contributed by atoms with van der Waals surface area (Å²) in [5.74, 6) is 0.939. The molecular weight excluding hydrogens is 196 g/mol. The Kier molecular flexibility index (Phi) is 3.91. The van der Waals surface area contributed by atoms with Crippen molar-refractivity contribution < 1.29 is 0 Å². The predicted molar refractivity (Wildman–Crippen MR) is 69.6 cm³/mol. The van der Waals surface area contributed by atoms with Crippen molar-refractivity contribution in [2.24, 2.45) is 11.3 Å². The number of rotatable bonds is 4. The summed E-state index contributed by atoms with van der Waals surface area (Å²) in [5.41, 5.74) is 0.568. The molecule has 0 aromatic heterocycles. The molecule has 1 N–H and O–H groups in total. The van der Waals surface area contributed by atoms with Crippen molar-refractivity contribution in [3.05, 3.63) is 0 Å². The van der Waals surface area contributed by atoms with E-state index in [2.05, 4.69) is 31.1 Å². The van der Waals surface area contributed by atoms with Crippen LogP contribution in [0.25, 0.3) is 0 Å². The first-order valence-electron chi connectivity index (χ1n) is 7.00. The Morgan fingerprint density at radius 2 is 2.12 bits per heavy atom. The Balaban J connectivity index is 1.71. The minimum absolute atomic E-state index is 0.568. The largest absolute Gasteiger partial charge is 0.317 e. The molecule has 1 saturated heterocycles. The highest BCUT2D eigenvalue weighted by molar-refractivity contribution is 4.86. The van der Waals surface area contributed by atoms with Crippen LogP contribution in [0.1, 0.15) is 46.0 Å². The van der Waals surface area contributed by atoms with Gasteiger partial charge in [0.1, 0.15) is 0 Å². The van der Waals surface area contributed by atoms with Gasteiger partial charge in [-0.1, -0.05) is 20.3 Å². The van der Waals surface area contributed by atoms with E-state index in [-0.39, 0.29) is 0 Å². The Hall–Kier alpha value is -0.0800. The summed E-state index contributed by atoms with van der Waals surface area (Å²) in [7, 11) is 2.13. The van der Waals surface area contributed by atoms with Crippen molar-refractivity contribution in [2.45, 2.75) is 52.0 Å². The van der Waals surface area contributed by atoms with E-state index in [4.69, 9.17) is 0 Å². The van der Waals surface area contributed by atoms with Crippen molar-refractivity contribution in [2.75, 3.05) is 26.7 Å². The number of hydrogen-bond donors (Lipinski definition) is 1. The molecule has 2 rings (SSSR count). The van der Waals surface area contributed by atoms with E-state index in [1.807, 2.05) is 0 Å². The molecule has 2 nitrogen and oxygen atoms in total. The lowest BCUT2D eigenvalue weighted by Gasteiger charge is -2.23. The van der Waals surface area contributed by atoms with Gasteiger partial charge < -0.3 is 10.2 Å². The molecule has 2 fully saturated rings. The first-order valence-corrected chi connectivity index (χ1v) is 7.00. The SMILES string of the molecule is CNC1CCCC1CCN1CCC(C)(C)C1. The van der Waals surface area contributed by atoms with Crippen molar-refractivity contribution >= 4 is 0 Å². The minimum atomic E-state index is 0.568. The van der Waals surface area contributed by atoms with Gasteiger partial charge in [0.25, 0.3) is 0 Å². The molecule has 1 aliphatic carbocycles. The summed E-state index contributed by atoms with van der Waals surface area (Å²) < 4.78 is 0. The first kappa shape index (κ1) is 12.4. The molecule has 0 spiro atoms. The standard InChI is InChI=1S/C14H28N2/c1-14(2)8-10-16(11-14)9-7-12-5-4-6-13(12)15-3/h12-13,15H,4-11H2,1-3H3. The molecular formula is C14H28N2. The monoisotopic (exact) mass is 224 g/mol. The highest BCUT2D eigenvalue weighted by Crippen LogP contribution is 2.31. The number of nitrogens with zero attached hydrogens (tertiary/aromatic N) is 1. The fourth-order valence-corrected chi connectivity index (χ4v) is 3.53. The van der Waals surface area contributed by atoms with Gasteiger partial charge in [0.2, 0.25) is 0 Å². The third-order valence-corrected chi connectivity index (χ3v) is 4.60. The third-order valence-electron chi connectivity index (χ3n) is 4.60. The van der Waals surface area contributed by atoms with Gasteiger partial charge in [-0.2, -0.15) is 0 Å². The van der Waals surface area contributed by atoms with E-state index in [9.17, 15) is 0 Å². The topological polar surface area (TPSA) is 15.3 Å². The van der Waals surface area contributed by atoms with Crippen LogP contribution in [0.4, 0.5) is 0 Å². The van der Waals surface area contributed by atoms with Gasteiger partial charge in [0.05, 0.1) is 0 Å². The Labute approximate surface area is 101 Å². The average Bonchev–Trinajstić information content (AvgIpc) is 2.81. The summed E-state index contributed by atoms with van der Waals surface area (Å²) in [6.07, 6.45) is 7.06. The van der Waals surface area contributed by atoms with Crippen LogP contribution in [-0.4, -0.2) is 37.6 Å². The maximum absolute atomic E-state index is 3.49. The number of nitrogens with one attached hydrogen (secondary N) is 1. The second-order valence-corrected chi connectivity index (χ2v) is 6.57.